The van der Waals surface area contributed by atoms with E-state index in [0.29, 0.717) is 17.2 Å². The first kappa shape index (κ1) is 14.0. The first-order valence-electron chi connectivity index (χ1n) is 5.93. The summed E-state index contributed by atoms with van der Waals surface area (Å²) in [6.45, 7) is 0. The maximum Gasteiger partial charge on any atom is 0.233 e. The summed E-state index contributed by atoms with van der Waals surface area (Å²) in [5.74, 6) is 0.768. The zero-order valence-electron chi connectivity index (χ0n) is 11.5. The third-order valence-corrected chi connectivity index (χ3v) is 2.56. The van der Waals surface area contributed by atoms with Gasteiger partial charge in [-0.1, -0.05) is 0 Å². The lowest BCUT2D eigenvalue weighted by Crippen LogP contribution is -2.15. The molecule has 1 aromatic heterocycles. The lowest BCUT2D eigenvalue weighted by atomic mass is 10.1. The Kier molecular flexibility index (Phi) is 3.82. The Bertz CT molecular complexity index is 754. The van der Waals surface area contributed by atoms with Crippen LogP contribution in [0.25, 0.3) is 0 Å². The van der Waals surface area contributed by atoms with Crippen molar-refractivity contribution in [1.82, 2.24) is 15.0 Å². The highest BCUT2D eigenvalue weighted by molar-refractivity contribution is 5.61. The molecule has 0 aliphatic carbocycles. The predicted octanol–water partition coefficient (Wildman–Crippen LogP) is 1.01. The summed E-state index contributed by atoms with van der Waals surface area (Å²) < 4.78 is 0. The van der Waals surface area contributed by atoms with Gasteiger partial charge in [-0.05, 0) is 18.2 Å². The first-order valence-corrected chi connectivity index (χ1v) is 5.93. The maximum absolute atomic E-state index is 9.00. The predicted molar refractivity (Wildman–Crippen MR) is 77.7 cm³/mol. The van der Waals surface area contributed by atoms with Crippen LogP contribution in [0.2, 0.25) is 0 Å². The summed E-state index contributed by atoms with van der Waals surface area (Å²) in [5, 5.41) is 20.8. The van der Waals surface area contributed by atoms with Crippen molar-refractivity contribution in [3.8, 4) is 12.1 Å². The summed E-state index contributed by atoms with van der Waals surface area (Å²) in [5.41, 5.74) is 6.80. The van der Waals surface area contributed by atoms with E-state index in [1.807, 2.05) is 12.1 Å². The molecule has 0 saturated carbocycles. The van der Waals surface area contributed by atoms with Crippen LogP contribution in [0.3, 0.4) is 0 Å². The number of rotatable bonds is 3. The van der Waals surface area contributed by atoms with Crippen molar-refractivity contribution in [2.75, 3.05) is 30.0 Å². The Morgan fingerprint density at radius 1 is 1.10 bits per heavy atom. The van der Waals surface area contributed by atoms with Crippen LogP contribution in [0.1, 0.15) is 11.1 Å². The number of hydrogen-bond acceptors (Lipinski definition) is 8. The number of nitrogens with one attached hydrogen (secondary N) is 1. The summed E-state index contributed by atoms with van der Waals surface area (Å²) in [7, 11) is 3.57. The van der Waals surface area contributed by atoms with E-state index in [0.717, 1.165) is 0 Å². The maximum atomic E-state index is 9.00. The third-order valence-electron chi connectivity index (χ3n) is 2.56. The highest BCUT2D eigenvalue weighted by atomic mass is 15.3. The molecule has 0 atom stereocenters. The Balaban J connectivity index is 2.35. The number of nitrogens with two attached hydrogens (primary N) is 1. The average molecular weight is 280 g/mol. The molecular weight excluding hydrogens is 268 g/mol. The zero-order chi connectivity index (χ0) is 15.4. The van der Waals surface area contributed by atoms with Crippen molar-refractivity contribution in [2.24, 2.45) is 0 Å². The molecule has 0 saturated heterocycles. The molecular formula is C13H12N8. The molecule has 8 nitrogen and oxygen atoms in total. The molecule has 2 rings (SSSR count). The summed E-state index contributed by atoms with van der Waals surface area (Å²) in [6, 6.07) is 8.68. The molecule has 0 spiro atoms. The van der Waals surface area contributed by atoms with Gasteiger partial charge in [-0.15, -0.1) is 0 Å². The highest BCUT2D eigenvalue weighted by Crippen LogP contribution is 2.19. The van der Waals surface area contributed by atoms with Crippen molar-refractivity contribution in [3.63, 3.8) is 0 Å². The van der Waals surface area contributed by atoms with Crippen LogP contribution in [-0.4, -0.2) is 29.0 Å². The van der Waals surface area contributed by atoms with Crippen LogP contribution in [0.4, 0.5) is 23.5 Å². The SMILES string of the molecule is CN(C)c1nc(N)nc(Nc2ccc(C#N)c(C#N)c2)n1. The van der Waals surface area contributed by atoms with Gasteiger partial charge in [0.1, 0.15) is 12.1 Å². The molecule has 3 N–H and O–H groups in total. The number of nitrogen functional groups attached to an aromatic ring is 1. The first-order chi connectivity index (χ1) is 10.0. The van der Waals surface area contributed by atoms with Crippen LogP contribution in [0.5, 0.6) is 0 Å². The van der Waals surface area contributed by atoms with Crippen LogP contribution in [0.15, 0.2) is 18.2 Å². The van der Waals surface area contributed by atoms with Gasteiger partial charge in [0.2, 0.25) is 17.8 Å². The molecule has 0 bridgehead atoms. The fourth-order valence-corrected chi connectivity index (χ4v) is 1.58. The molecule has 1 heterocycles. The van der Waals surface area contributed by atoms with Gasteiger partial charge in [0.05, 0.1) is 11.1 Å². The van der Waals surface area contributed by atoms with Crippen LogP contribution >= 0.6 is 0 Å². The van der Waals surface area contributed by atoms with E-state index in [9.17, 15) is 0 Å². The second-order valence-corrected chi connectivity index (χ2v) is 4.32. The third kappa shape index (κ3) is 3.14. The number of hydrogen-bond donors (Lipinski definition) is 2. The molecule has 0 fully saturated rings. The molecule has 0 radical (unpaired) electrons. The van der Waals surface area contributed by atoms with E-state index in [4.69, 9.17) is 16.3 Å². The molecule has 0 unspecified atom stereocenters. The van der Waals surface area contributed by atoms with Crippen molar-refractivity contribution in [1.29, 1.82) is 10.5 Å². The minimum atomic E-state index is 0.0883. The standard InChI is InChI=1S/C13H12N8/c1-21(2)13-19-11(16)18-12(20-13)17-10-4-3-8(6-14)9(5-10)7-15/h3-5H,1-2H3,(H3,16,17,18,19,20). The molecule has 21 heavy (non-hydrogen) atoms. The monoisotopic (exact) mass is 280 g/mol. The molecule has 8 heteroatoms. The van der Waals surface area contributed by atoms with Crippen LogP contribution < -0.4 is 16.0 Å². The van der Waals surface area contributed by atoms with Crippen molar-refractivity contribution in [2.45, 2.75) is 0 Å². The molecule has 0 aliphatic heterocycles. The topological polar surface area (TPSA) is 128 Å². The summed E-state index contributed by atoms with van der Waals surface area (Å²) in [6.07, 6.45) is 0. The number of anilines is 4. The Hall–Kier alpha value is -3.39. The van der Waals surface area contributed by atoms with Gasteiger partial charge in [-0.2, -0.15) is 25.5 Å². The minimum Gasteiger partial charge on any atom is -0.368 e. The molecule has 104 valence electrons. The quantitative estimate of drug-likeness (QED) is 0.852. The largest absolute Gasteiger partial charge is 0.368 e. The number of nitrogens with zero attached hydrogens (tertiary/aromatic N) is 6. The second-order valence-electron chi connectivity index (χ2n) is 4.32. The van der Waals surface area contributed by atoms with E-state index in [1.54, 1.807) is 37.2 Å². The average Bonchev–Trinajstić information content (AvgIpc) is 2.46. The normalized spacial score (nSPS) is 9.52. The van der Waals surface area contributed by atoms with Gasteiger partial charge < -0.3 is 16.0 Å². The van der Waals surface area contributed by atoms with Crippen molar-refractivity contribution in [3.05, 3.63) is 29.3 Å². The van der Waals surface area contributed by atoms with Gasteiger partial charge in [0.25, 0.3) is 0 Å². The van der Waals surface area contributed by atoms with Gasteiger partial charge >= 0.3 is 0 Å². The second kappa shape index (κ2) is 5.72. The fraction of sp³-hybridized carbons (Fsp3) is 0.154. The van der Waals surface area contributed by atoms with Crippen molar-refractivity contribution >= 4 is 23.5 Å². The number of benzene rings is 1. The molecule has 1 aromatic carbocycles. The lowest BCUT2D eigenvalue weighted by molar-refractivity contribution is 0.969. The summed E-state index contributed by atoms with van der Waals surface area (Å²) >= 11 is 0. The smallest absolute Gasteiger partial charge is 0.233 e. The Labute approximate surface area is 121 Å². The van der Waals surface area contributed by atoms with E-state index in [2.05, 4.69) is 20.3 Å². The highest BCUT2D eigenvalue weighted by Gasteiger charge is 2.08. The van der Waals surface area contributed by atoms with Crippen LogP contribution in [0, 0.1) is 22.7 Å². The molecule has 0 aliphatic rings. The van der Waals surface area contributed by atoms with E-state index >= 15 is 0 Å². The van der Waals surface area contributed by atoms with Gasteiger partial charge in [-0.3, -0.25) is 0 Å². The van der Waals surface area contributed by atoms with Crippen molar-refractivity contribution < 1.29 is 0 Å². The minimum absolute atomic E-state index is 0.0883. The van der Waals surface area contributed by atoms with E-state index in [1.165, 1.54) is 0 Å². The van der Waals surface area contributed by atoms with Gasteiger partial charge in [0.15, 0.2) is 0 Å². The van der Waals surface area contributed by atoms with Crippen LogP contribution in [-0.2, 0) is 0 Å². The molecule has 2 aromatic rings. The zero-order valence-corrected chi connectivity index (χ0v) is 11.5. The summed E-state index contributed by atoms with van der Waals surface area (Å²) in [4.78, 5) is 13.8. The van der Waals surface area contributed by atoms with Gasteiger partial charge in [-0.25, -0.2) is 0 Å². The Morgan fingerprint density at radius 3 is 2.43 bits per heavy atom. The number of nitriles is 2. The Morgan fingerprint density at radius 2 is 1.81 bits per heavy atom. The van der Waals surface area contributed by atoms with E-state index < -0.39 is 0 Å². The number of aromatic nitrogens is 3. The molecule has 0 amide bonds. The fourth-order valence-electron chi connectivity index (χ4n) is 1.58. The van der Waals surface area contributed by atoms with Gasteiger partial charge in [0, 0.05) is 19.8 Å². The lowest BCUT2D eigenvalue weighted by Gasteiger charge is -2.12. The van der Waals surface area contributed by atoms with E-state index in [-0.39, 0.29) is 17.5 Å².